The Balaban J connectivity index is 2.04. The first kappa shape index (κ1) is 15.8. The number of phenols is 1. The fourth-order valence-electron chi connectivity index (χ4n) is 3.97. The van der Waals surface area contributed by atoms with Crippen molar-refractivity contribution in [2.45, 2.75) is 51.0 Å². The van der Waals surface area contributed by atoms with Gasteiger partial charge in [-0.1, -0.05) is 0 Å². The molecule has 0 radical (unpaired) electrons. The molecule has 23 heavy (non-hydrogen) atoms. The third-order valence-corrected chi connectivity index (χ3v) is 5.06. The van der Waals surface area contributed by atoms with Crippen molar-refractivity contribution < 1.29 is 24.2 Å². The van der Waals surface area contributed by atoms with Crippen molar-refractivity contribution in [1.29, 1.82) is 0 Å². The van der Waals surface area contributed by atoms with Gasteiger partial charge >= 0.3 is 5.97 Å². The van der Waals surface area contributed by atoms with Crippen LogP contribution in [0.1, 0.15) is 50.2 Å². The van der Waals surface area contributed by atoms with Crippen LogP contribution in [0.15, 0.2) is 12.1 Å². The van der Waals surface area contributed by atoms with Gasteiger partial charge in [0.2, 0.25) is 0 Å². The maximum absolute atomic E-state index is 11.9. The van der Waals surface area contributed by atoms with Gasteiger partial charge in [0.05, 0.1) is 13.5 Å². The second-order valence-corrected chi connectivity index (χ2v) is 6.98. The highest BCUT2D eigenvalue weighted by Crippen LogP contribution is 2.53. The van der Waals surface area contributed by atoms with Crippen LogP contribution in [-0.4, -0.2) is 29.6 Å². The molecule has 2 unspecified atom stereocenters. The van der Waals surface area contributed by atoms with E-state index in [0.717, 1.165) is 6.42 Å². The Morgan fingerprint density at radius 2 is 2.17 bits per heavy atom. The molecule has 124 valence electrons. The Bertz CT molecular complexity index is 662. The molecular weight excluding hydrogens is 296 g/mol. The highest BCUT2D eigenvalue weighted by atomic mass is 16.5. The minimum absolute atomic E-state index is 0.0258. The molecule has 1 aromatic carbocycles. The molecule has 0 spiro atoms. The van der Waals surface area contributed by atoms with Crippen molar-refractivity contribution in [1.82, 2.24) is 0 Å². The number of Topliss-reactive ketones (excluding diaryl/α,β-unsaturated/α-hetero) is 1. The average molecular weight is 318 g/mol. The Labute approximate surface area is 135 Å². The zero-order chi connectivity index (χ0) is 16.8. The number of benzene rings is 1. The minimum Gasteiger partial charge on any atom is -0.508 e. The SMILES string of the molecule is COC(=O)Cc1cc(O)c2c(c1)OC(C)(C)C1CCC(=O)CC21. The first-order valence-corrected chi connectivity index (χ1v) is 7.95. The van der Waals surface area contributed by atoms with E-state index in [0.29, 0.717) is 29.7 Å². The van der Waals surface area contributed by atoms with Crippen LogP contribution in [0.3, 0.4) is 0 Å². The fourth-order valence-corrected chi connectivity index (χ4v) is 3.97. The molecule has 3 rings (SSSR count). The number of esters is 1. The fraction of sp³-hybridized carbons (Fsp3) is 0.556. The van der Waals surface area contributed by atoms with E-state index in [1.165, 1.54) is 7.11 Å². The molecule has 5 nitrogen and oxygen atoms in total. The lowest BCUT2D eigenvalue weighted by Gasteiger charge is -2.47. The number of hydrogen-bond acceptors (Lipinski definition) is 5. The van der Waals surface area contributed by atoms with Crippen molar-refractivity contribution in [3.05, 3.63) is 23.3 Å². The summed E-state index contributed by atoms with van der Waals surface area (Å²) >= 11 is 0. The summed E-state index contributed by atoms with van der Waals surface area (Å²) in [6.45, 7) is 4.04. The number of carbonyl (C=O) groups excluding carboxylic acids is 2. The van der Waals surface area contributed by atoms with E-state index >= 15 is 0 Å². The zero-order valence-electron chi connectivity index (χ0n) is 13.7. The van der Waals surface area contributed by atoms with Gasteiger partial charge in [0, 0.05) is 30.2 Å². The van der Waals surface area contributed by atoms with Crippen molar-refractivity contribution in [2.24, 2.45) is 5.92 Å². The lowest BCUT2D eigenvalue weighted by Crippen LogP contribution is -2.47. The molecule has 1 aromatic rings. The normalized spacial score (nSPS) is 25.1. The lowest BCUT2D eigenvalue weighted by atomic mass is 9.66. The van der Waals surface area contributed by atoms with Gasteiger partial charge in [-0.2, -0.15) is 0 Å². The van der Waals surface area contributed by atoms with Gasteiger partial charge in [-0.3, -0.25) is 9.59 Å². The number of ether oxygens (including phenoxy) is 2. The monoisotopic (exact) mass is 318 g/mol. The lowest BCUT2D eigenvalue weighted by molar-refractivity contribution is -0.139. The number of phenolic OH excluding ortho intramolecular Hbond substituents is 1. The Morgan fingerprint density at radius 1 is 1.43 bits per heavy atom. The quantitative estimate of drug-likeness (QED) is 0.849. The summed E-state index contributed by atoms with van der Waals surface area (Å²) in [6, 6.07) is 3.36. The zero-order valence-corrected chi connectivity index (χ0v) is 13.7. The number of ketones is 1. The van der Waals surface area contributed by atoms with Gasteiger partial charge in [-0.05, 0) is 38.0 Å². The van der Waals surface area contributed by atoms with E-state index in [4.69, 9.17) is 4.74 Å². The summed E-state index contributed by atoms with van der Waals surface area (Å²) < 4.78 is 10.8. The van der Waals surface area contributed by atoms with Crippen LogP contribution < -0.4 is 4.74 Å². The van der Waals surface area contributed by atoms with Crippen LogP contribution in [0.4, 0.5) is 0 Å². The third-order valence-electron chi connectivity index (χ3n) is 5.06. The Morgan fingerprint density at radius 3 is 2.87 bits per heavy atom. The predicted molar refractivity (Wildman–Crippen MR) is 83.6 cm³/mol. The molecule has 0 amide bonds. The van der Waals surface area contributed by atoms with Crippen LogP contribution in [-0.2, 0) is 20.7 Å². The van der Waals surface area contributed by atoms with Crippen molar-refractivity contribution in [3.63, 3.8) is 0 Å². The second kappa shape index (κ2) is 5.55. The van der Waals surface area contributed by atoms with Crippen LogP contribution >= 0.6 is 0 Å². The Kier molecular flexibility index (Phi) is 3.82. The molecule has 1 fully saturated rings. The van der Waals surface area contributed by atoms with E-state index in [1.807, 2.05) is 13.8 Å². The van der Waals surface area contributed by atoms with Crippen LogP contribution in [0.2, 0.25) is 0 Å². The molecule has 2 aliphatic rings. The largest absolute Gasteiger partial charge is 0.508 e. The molecule has 1 aliphatic carbocycles. The maximum Gasteiger partial charge on any atom is 0.309 e. The molecule has 0 saturated heterocycles. The van der Waals surface area contributed by atoms with Crippen molar-refractivity contribution >= 4 is 11.8 Å². The summed E-state index contributed by atoms with van der Waals surface area (Å²) in [6.07, 6.45) is 1.87. The first-order valence-electron chi connectivity index (χ1n) is 7.95. The molecule has 1 N–H and O–H groups in total. The highest BCUT2D eigenvalue weighted by Gasteiger charge is 2.47. The number of rotatable bonds is 2. The van der Waals surface area contributed by atoms with E-state index in [2.05, 4.69) is 4.74 Å². The van der Waals surface area contributed by atoms with E-state index in [9.17, 15) is 14.7 Å². The highest BCUT2D eigenvalue weighted by molar-refractivity contribution is 5.81. The molecular formula is C18H22O5. The summed E-state index contributed by atoms with van der Waals surface area (Å²) in [5.41, 5.74) is 0.940. The number of fused-ring (bicyclic) bond motifs is 3. The summed E-state index contributed by atoms with van der Waals surface area (Å²) in [4.78, 5) is 23.4. The second-order valence-electron chi connectivity index (χ2n) is 6.98. The molecule has 1 saturated carbocycles. The smallest absolute Gasteiger partial charge is 0.309 e. The number of methoxy groups -OCH3 is 1. The molecule has 1 heterocycles. The number of aromatic hydroxyl groups is 1. The maximum atomic E-state index is 11.9. The molecule has 2 atom stereocenters. The summed E-state index contributed by atoms with van der Waals surface area (Å²) in [7, 11) is 1.33. The van der Waals surface area contributed by atoms with Crippen molar-refractivity contribution in [3.8, 4) is 11.5 Å². The molecule has 5 heteroatoms. The van der Waals surface area contributed by atoms with Gasteiger partial charge in [-0.15, -0.1) is 0 Å². The Hall–Kier alpha value is -2.04. The minimum atomic E-state index is -0.408. The molecule has 0 bridgehead atoms. The van der Waals surface area contributed by atoms with E-state index < -0.39 is 5.60 Å². The topological polar surface area (TPSA) is 72.8 Å². The van der Waals surface area contributed by atoms with Gasteiger partial charge in [-0.25, -0.2) is 0 Å². The summed E-state index contributed by atoms with van der Waals surface area (Å²) in [5, 5.41) is 10.5. The predicted octanol–water partition coefficient (Wildman–Crippen LogP) is 2.73. The van der Waals surface area contributed by atoms with Gasteiger partial charge in [0.15, 0.2) is 0 Å². The van der Waals surface area contributed by atoms with E-state index in [-0.39, 0.29) is 35.8 Å². The van der Waals surface area contributed by atoms with Crippen LogP contribution in [0.25, 0.3) is 0 Å². The average Bonchev–Trinajstić information content (AvgIpc) is 2.45. The molecule has 1 aliphatic heterocycles. The molecule has 0 aromatic heterocycles. The van der Waals surface area contributed by atoms with E-state index in [1.54, 1.807) is 12.1 Å². The number of carbonyl (C=O) groups is 2. The van der Waals surface area contributed by atoms with Crippen LogP contribution in [0, 0.1) is 5.92 Å². The third kappa shape index (κ3) is 2.80. The number of hydrogen-bond donors (Lipinski definition) is 1. The van der Waals surface area contributed by atoms with Gasteiger partial charge in [0.25, 0.3) is 0 Å². The first-order chi connectivity index (χ1) is 10.8. The summed E-state index contributed by atoms with van der Waals surface area (Å²) in [5.74, 6) is 0.705. The standard InChI is InChI=1S/C18H22O5/c1-18(2)13-5-4-11(19)9-12(13)17-14(20)6-10(7-15(17)23-18)8-16(21)22-3/h6-7,12-13,20H,4-5,8-9H2,1-3H3. The van der Waals surface area contributed by atoms with Gasteiger partial charge < -0.3 is 14.6 Å². The van der Waals surface area contributed by atoms with Crippen molar-refractivity contribution in [2.75, 3.05) is 7.11 Å². The van der Waals surface area contributed by atoms with Gasteiger partial charge in [0.1, 0.15) is 22.9 Å². The van der Waals surface area contributed by atoms with Crippen LogP contribution in [0.5, 0.6) is 11.5 Å².